The van der Waals surface area contributed by atoms with E-state index in [1.54, 1.807) is 12.1 Å². The molecule has 2 aromatic carbocycles. The molecule has 4 rings (SSSR count). The zero-order valence-corrected chi connectivity index (χ0v) is 15.5. The lowest BCUT2D eigenvalue weighted by atomic mass is 10.1. The Morgan fingerprint density at radius 2 is 2.00 bits per heavy atom. The van der Waals surface area contributed by atoms with E-state index in [1.807, 2.05) is 17.7 Å². The summed E-state index contributed by atoms with van der Waals surface area (Å²) in [6.45, 7) is 0. The number of aromatic nitrogens is 1. The highest BCUT2D eigenvalue weighted by Crippen LogP contribution is 2.42. The van der Waals surface area contributed by atoms with Crippen molar-refractivity contribution in [2.24, 2.45) is 7.05 Å². The molecule has 1 N–H and O–H groups in total. The third kappa shape index (κ3) is 2.87. The fourth-order valence-electron chi connectivity index (χ4n) is 3.39. The fraction of sp³-hybridized carbons (Fsp3) is 0.250. The van der Waals surface area contributed by atoms with Crippen molar-refractivity contribution in [1.29, 1.82) is 0 Å². The summed E-state index contributed by atoms with van der Waals surface area (Å²) in [7, 11) is 1.87. The average molecular weight is 392 g/mol. The summed E-state index contributed by atoms with van der Waals surface area (Å²) >= 11 is 12.5. The SMILES string of the molecule is Cn1c(Cc2c(Cl)ccc(C(=O)O)c2Cl)cc2c(F)cc(C3CC3)cc21. The van der Waals surface area contributed by atoms with Crippen LogP contribution in [0.4, 0.5) is 4.39 Å². The predicted molar refractivity (Wildman–Crippen MR) is 101 cm³/mol. The van der Waals surface area contributed by atoms with Crippen molar-refractivity contribution in [1.82, 2.24) is 4.57 Å². The van der Waals surface area contributed by atoms with Gasteiger partial charge in [-0.05, 0) is 60.2 Å². The van der Waals surface area contributed by atoms with E-state index < -0.39 is 5.97 Å². The molecule has 0 spiro atoms. The number of carboxylic acid groups (broad SMARTS) is 1. The van der Waals surface area contributed by atoms with Crippen molar-refractivity contribution in [2.75, 3.05) is 0 Å². The zero-order chi connectivity index (χ0) is 18.6. The number of aryl methyl sites for hydroxylation is 1. The topological polar surface area (TPSA) is 42.2 Å². The lowest BCUT2D eigenvalue weighted by molar-refractivity contribution is 0.0697. The van der Waals surface area contributed by atoms with Crippen LogP contribution in [0.2, 0.25) is 10.0 Å². The number of rotatable bonds is 4. The predicted octanol–water partition coefficient (Wildman–Crippen LogP) is 5.79. The molecule has 0 amide bonds. The molecule has 1 saturated carbocycles. The van der Waals surface area contributed by atoms with Gasteiger partial charge in [0.2, 0.25) is 0 Å². The molecular weight excluding hydrogens is 376 g/mol. The molecule has 0 atom stereocenters. The molecule has 1 heterocycles. The molecule has 3 nitrogen and oxygen atoms in total. The molecule has 0 unspecified atom stereocenters. The van der Waals surface area contributed by atoms with E-state index in [-0.39, 0.29) is 16.4 Å². The molecule has 134 valence electrons. The van der Waals surface area contributed by atoms with Crippen LogP contribution >= 0.6 is 23.2 Å². The van der Waals surface area contributed by atoms with E-state index >= 15 is 0 Å². The van der Waals surface area contributed by atoms with Crippen LogP contribution in [0.5, 0.6) is 0 Å². The van der Waals surface area contributed by atoms with Gasteiger partial charge in [-0.3, -0.25) is 0 Å². The number of carboxylic acids is 1. The minimum Gasteiger partial charge on any atom is -0.478 e. The summed E-state index contributed by atoms with van der Waals surface area (Å²) < 4.78 is 16.5. The highest BCUT2D eigenvalue weighted by molar-refractivity contribution is 6.38. The van der Waals surface area contributed by atoms with Crippen molar-refractivity contribution < 1.29 is 14.3 Å². The first-order valence-corrected chi connectivity index (χ1v) is 9.10. The number of hydrogen-bond donors (Lipinski definition) is 1. The van der Waals surface area contributed by atoms with Crippen molar-refractivity contribution in [3.8, 4) is 0 Å². The summed E-state index contributed by atoms with van der Waals surface area (Å²) in [5.41, 5.74) is 3.21. The first-order valence-electron chi connectivity index (χ1n) is 8.34. The van der Waals surface area contributed by atoms with Crippen LogP contribution in [0.3, 0.4) is 0 Å². The van der Waals surface area contributed by atoms with E-state index in [0.29, 0.717) is 28.3 Å². The van der Waals surface area contributed by atoms with E-state index in [0.717, 1.165) is 29.6 Å². The van der Waals surface area contributed by atoms with Gasteiger partial charge in [-0.15, -0.1) is 0 Å². The second kappa shape index (κ2) is 6.29. The van der Waals surface area contributed by atoms with Crippen molar-refractivity contribution in [2.45, 2.75) is 25.2 Å². The van der Waals surface area contributed by atoms with E-state index in [2.05, 4.69) is 0 Å². The van der Waals surface area contributed by atoms with Crippen molar-refractivity contribution in [3.63, 3.8) is 0 Å². The molecular formula is C20H16Cl2FNO2. The molecule has 1 fully saturated rings. The van der Waals surface area contributed by atoms with Crippen molar-refractivity contribution in [3.05, 3.63) is 68.6 Å². The summed E-state index contributed by atoms with van der Waals surface area (Å²) in [5.74, 6) is -0.879. The van der Waals surface area contributed by atoms with Gasteiger partial charge in [0.1, 0.15) is 5.82 Å². The normalized spacial score (nSPS) is 14.2. The highest BCUT2D eigenvalue weighted by Gasteiger charge is 2.25. The quantitative estimate of drug-likeness (QED) is 0.611. The Morgan fingerprint density at radius 1 is 1.27 bits per heavy atom. The van der Waals surface area contributed by atoms with Crippen LogP contribution in [0.15, 0.2) is 30.3 Å². The van der Waals surface area contributed by atoms with Crippen LogP contribution in [-0.4, -0.2) is 15.6 Å². The molecule has 3 aromatic rings. The maximum absolute atomic E-state index is 14.6. The monoisotopic (exact) mass is 391 g/mol. The zero-order valence-electron chi connectivity index (χ0n) is 14.0. The summed E-state index contributed by atoms with van der Waals surface area (Å²) in [6, 6.07) is 8.35. The molecule has 0 bridgehead atoms. The van der Waals surface area contributed by atoms with Crippen LogP contribution in [0.1, 0.15) is 45.9 Å². The number of nitrogens with zero attached hydrogens (tertiary/aromatic N) is 1. The van der Waals surface area contributed by atoms with Gasteiger partial charge in [0.05, 0.1) is 16.1 Å². The lowest BCUT2D eigenvalue weighted by Gasteiger charge is -2.11. The Morgan fingerprint density at radius 3 is 2.65 bits per heavy atom. The number of benzene rings is 2. The van der Waals surface area contributed by atoms with Crippen LogP contribution < -0.4 is 0 Å². The summed E-state index contributed by atoms with van der Waals surface area (Å²) in [4.78, 5) is 11.3. The van der Waals surface area contributed by atoms with Gasteiger partial charge < -0.3 is 9.67 Å². The van der Waals surface area contributed by atoms with Gasteiger partial charge in [-0.2, -0.15) is 0 Å². The Bertz CT molecular complexity index is 1050. The molecule has 0 aliphatic heterocycles. The molecule has 1 aromatic heterocycles. The van der Waals surface area contributed by atoms with Crippen LogP contribution in [0.25, 0.3) is 10.9 Å². The van der Waals surface area contributed by atoms with Crippen molar-refractivity contribution >= 4 is 40.1 Å². The standard InChI is InChI=1S/C20H16Cl2FNO2/c1-24-12(8-14-16(21)5-4-13(19(14)22)20(25)26)9-15-17(23)6-11(7-18(15)24)10-2-3-10/h4-7,9-10H,2-3,8H2,1H3,(H,25,26). The maximum Gasteiger partial charge on any atom is 0.337 e. The smallest absolute Gasteiger partial charge is 0.337 e. The highest BCUT2D eigenvalue weighted by atomic mass is 35.5. The van der Waals surface area contributed by atoms with Crippen LogP contribution in [-0.2, 0) is 13.5 Å². The van der Waals surface area contributed by atoms with Gasteiger partial charge in [-0.1, -0.05) is 23.2 Å². The molecule has 1 aliphatic rings. The Labute approximate surface area is 160 Å². The molecule has 0 radical (unpaired) electrons. The van der Waals surface area contributed by atoms with E-state index in [4.69, 9.17) is 23.2 Å². The third-order valence-corrected chi connectivity index (χ3v) is 5.84. The number of fused-ring (bicyclic) bond motifs is 1. The average Bonchev–Trinajstić information content (AvgIpc) is 3.38. The number of aromatic carboxylic acids is 1. The van der Waals surface area contributed by atoms with Gasteiger partial charge in [0, 0.05) is 29.6 Å². The van der Waals surface area contributed by atoms with Gasteiger partial charge in [0.15, 0.2) is 0 Å². The third-order valence-electron chi connectivity index (χ3n) is 5.06. The number of hydrogen-bond acceptors (Lipinski definition) is 1. The lowest BCUT2D eigenvalue weighted by Crippen LogP contribution is -2.03. The number of halogens is 3. The fourth-order valence-corrected chi connectivity index (χ4v) is 3.98. The van der Waals surface area contributed by atoms with Gasteiger partial charge in [0.25, 0.3) is 0 Å². The van der Waals surface area contributed by atoms with Gasteiger partial charge >= 0.3 is 5.97 Å². The summed E-state index contributed by atoms with van der Waals surface area (Å²) in [6.07, 6.45) is 2.53. The molecule has 1 aliphatic carbocycles. The Hall–Kier alpha value is -2.04. The Balaban J connectivity index is 1.81. The molecule has 26 heavy (non-hydrogen) atoms. The minimum atomic E-state index is -1.11. The second-order valence-corrected chi connectivity index (χ2v) is 7.56. The summed E-state index contributed by atoms with van der Waals surface area (Å²) in [5, 5.41) is 10.3. The molecule has 0 saturated heterocycles. The minimum absolute atomic E-state index is 0.00651. The number of carbonyl (C=O) groups is 1. The van der Waals surface area contributed by atoms with E-state index in [1.165, 1.54) is 12.1 Å². The largest absolute Gasteiger partial charge is 0.478 e. The van der Waals surface area contributed by atoms with Crippen LogP contribution in [0, 0.1) is 5.82 Å². The molecule has 6 heteroatoms. The first-order chi connectivity index (χ1) is 12.4. The van der Waals surface area contributed by atoms with E-state index in [9.17, 15) is 14.3 Å². The Kier molecular flexibility index (Phi) is 4.20. The maximum atomic E-state index is 14.6. The second-order valence-electron chi connectivity index (χ2n) is 6.77. The van der Waals surface area contributed by atoms with Gasteiger partial charge in [-0.25, -0.2) is 9.18 Å². The first kappa shape index (κ1) is 17.4.